The third-order valence-electron chi connectivity index (χ3n) is 3.85. The fourth-order valence-electron chi connectivity index (χ4n) is 2.83. The monoisotopic (exact) mass is 332 g/mol. The number of methoxy groups -OCH3 is 1. The first-order valence-electron chi connectivity index (χ1n) is 7.61. The van der Waals surface area contributed by atoms with E-state index in [1.54, 1.807) is 7.11 Å². The van der Waals surface area contributed by atoms with E-state index in [9.17, 15) is 4.39 Å². The highest BCUT2D eigenvalue weighted by atomic mass is 35.5. The molecule has 0 unspecified atom stereocenters. The lowest BCUT2D eigenvalue weighted by Gasteiger charge is -2.35. The molecule has 22 heavy (non-hydrogen) atoms. The average Bonchev–Trinajstić information content (AvgIpc) is 2.54. The first-order chi connectivity index (χ1) is 10.3. The molecule has 1 N–H and O–H groups in total. The molecule has 126 valence electrons. The Labute approximate surface area is 138 Å². The molecule has 1 aliphatic heterocycles. The summed E-state index contributed by atoms with van der Waals surface area (Å²) < 4.78 is 23.9. The van der Waals surface area contributed by atoms with Crippen molar-refractivity contribution in [2.75, 3.05) is 46.6 Å². The van der Waals surface area contributed by atoms with Gasteiger partial charge >= 0.3 is 0 Å². The minimum atomic E-state index is -0.315. The second-order valence-electron chi connectivity index (χ2n) is 5.12. The molecule has 0 amide bonds. The van der Waals surface area contributed by atoms with Crippen LogP contribution in [0.3, 0.4) is 0 Å². The number of ether oxygens (including phenoxy) is 2. The van der Waals surface area contributed by atoms with Crippen molar-refractivity contribution in [3.05, 3.63) is 23.8 Å². The summed E-state index contributed by atoms with van der Waals surface area (Å²) >= 11 is 0. The van der Waals surface area contributed by atoms with E-state index in [2.05, 4.69) is 10.2 Å². The number of benzene rings is 1. The average molecular weight is 333 g/mol. The number of alkyl halides is 1. The molecule has 2 rings (SSSR count). The standard InChI is InChI=1S/C16H25FN2O2.ClH/c1-3-21-16-12-13(4-5-15(16)20-2)14(6-7-17)19-10-8-18-9-11-19;/h4-5,12,14,18H,3,6-11H2,1-2H3;1H/t14-;/m1./s1. The lowest BCUT2D eigenvalue weighted by Crippen LogP contribution is -2.45. The molecular weight excluding hydrogens is 307 g/mol. The molecule has 6 heteroatoms. The van der Waals surface area contributed by atoms with Gasteiger partial charge < -0.3 is 14.8 Å². The second-order valence-corrected chi connectivity index (χ2v) is 5.12. The van der Waals surface area contributed by atoms with Crippen LogP contribution in [-0.2, 0) is 0 Å². The number of hydrogen-bond donors (Lipinski definition) is 1. The number of nitrogens with zero attached hydrogens (tertiary/aromatic N) is 1. The van der Waals surface area contributed by atoms with Crippen molar-refractivity contribution in [1.82, 2.24) is 10.2 Å². The van der Waals surface area contributed by atoms with Crippen LogP contribution < -0.4 is 14.8 Å². The molecule has 4 nitrogen and oxygen atoms in total. The van der Waals surface area contributed by atoms with Crippen LogP contribution in [0.2, 0.25) is 0 Å². The predicted octanol–water partition coefficient (Wildman–Crippen LogP) is 2.82. The summed E-state index contributed by atoms with van der Waals surface area (Å²) in [6.45, 7) is 6.02. The van der Waals surface area contributed by atoms with Crippen LogP contribution in [0.5, 0.6) is 11.5 Å². The highest BCUT2D eigenvalue weighted by molar-refractivity contribution is 5.85. The van der Waals surface area contributed by atoms with Crippen LogP contribution in [-0.4, -0.2) is 51.5 Å². The molecule has 0 spiro atoms. The molecule has 0 bridgehead atoms. The third kappa shape index (κ3) is 4.73. The van der Waals surface area contributed by atoms with E-state index in [0.717, 1.165) is 43.2 Å². The highest BCUT2D eigenvalue weighted by Crippen LogP contribution is 2.33. The quantitative estimate of drug-likeness (QED) is 0.832. The lowest BCUT2D eigenvalue weighted by molar-refractivity contribution is 0.157. The second kappa shape index (κ2) is 9.87. The summed E-state index contributed by atoms with van der Waals surface area (Å²) in [5.41, 5.74) is 1.10. The molecular formula is C16H26ClFN2O2. The zero-order chi connectivity index (χ0) is 15.1. The number of halogens is 2. The fraction of sp³-hybridized carbons (Fsp3) is 0.625. The van der Waals surface area contributed by atoms with Crippen molar-refractivity contribution in [1.29, 1.82) is 0 Å². The van der Waals surface area contributed by atoms with Crippen LogP contribution in [0.4, 0.5) is 4.39 Å². The summed E-state index contributed by atoms with van der Waals surface area (Å²) in [7, 11) is 1.63. The molecule has 1 heterocycles. The summed E-state index contributed by atoms with van der Waals surface area (Å²) in [6, 6.07) is 6.02. The van der Waals surface area contributed by atoms with E-state index in [0.29, 0.717) is 13.0 Å². The largest absolute Gasteiger partial charge is 0.493 e. The van der Waals surface area contributed by atoms with Gasteiger partial charge in [-0.1, -0.05) is 6.07 Å². The smallest absolute Gasteiger partial charge is 0.161 e. The highest BCUT2D eigenvalue weighted by Gasteiger charge is 2.23. The zero-order valence-corrected chi connectivity index (χ0v) is 14.1. The number of rotatable bonds is 7. The number of hydrogen-bond acceptors (Lipinski definition) is 4. The van der Waals surface area contributed by atoms with E-state index in [-0.39, 0.29) is 25.1 Å². The Morgan fingerprint density at radius 2 is 2.00 bits per heavy atom. The van der Waals surface area contributed by atoms with Crippen LogP contribution in [0.25, 0.3) is 0 Å². The first kappa shape index (κ1) is 19.0. The first-order valence-corrected chi connectivity index (χ1v) is 7.61. The van der Waals surface area contributed by atoms with Crippen molar-refractivity contribution in [2.24, 2.45) is 0 Å². The van der Waals surface area contributed by atoms with Crippen molar-refractivity contribution in [3.63, 3.8) is 0 Å². The molecule has 0 saturated carbocycles. The van der Waals surface area contributed by atoms with E-state index in [4.69, 9.17) is 9.47 Å². The van der Waals surface area contributed by atoms with Gasteiger partial charge in [0.2, 0.25) is 0 Å². The van der Waals surface area contributed by atoms with Crippen LogP contribution in [0.1, 0.15) is 24.9 Å². The maximum atomic E-state index is 13.0. The summed E-state index contributed by atoms with van der Waals surface area (Å²) in [6.07, 6.45) is 0.512. The number of piperazine rings is 1. The van der Waals surface area contributed by atoms with E-state index >= 15 is 0 Å². The molecule has 1 aromatic rings. The molecule has 1 aromatic carbocycles. The maximum absolute atomic E-state index is 13.0. The van der Waals surface area contributed by atoms with Gasteiger partial charge in [-0.05, 0) is 31.0 Å². The minimum absolute atomic E-state index is 0. The van der Waals surface area contributed by atoms with Gasteiger partial charge in [-0.3, -0.25) is 9.29 Å². The number of nitrogens with one attached hydrogen (secondary N) is 1. The van der Waals surface area contributed by atoms with Crippen LogP contribution in [0, 0.1) is 0 Å². The van der Waals surface area contributed by atoms with Crippen molar-refractivity contribution in [3.8, 4) is 11.5 Å². The molecule has 1 aliphatic rings. The van der Waals surface area contributed by atoms with Gasteiger partial charge in [-0.15, -0.1) is 12.4 Å². The minimum Gasteiger partial charge on any atom is -0.493 e. The molecule has 1 atom stereocenters. The maximum Gasteiger partial charge on any atom is 0.161 e. The normalized spacial score (nSPS) is 16.7. The third-order valence-corrected chi connectivity index (χ3v) is 3.85. The van der Waals surface area contributed by atoms with E-state index < -0.39 is 0 Å². The SMILES string of the molecule is CCOc1cc([C@@H](CCF)N2CCNCC2)ccc1OC.Cl. The van der Waals surface area contributed by atoms with Gasteiger partial charge in [-0.25, -0.2) is 0 Å². The van der Waals surface area contributed by atoms with Gasteiger partial charge in [-0.2, -0.15) is 0 Å². The fourth-order valence-corrected chi connectivity index (χ4v) is 2.83. The van der Waals surface area contributed by atoms with Crippen molar-refractivity contribution < 1.29 is 13.9 Å². The zero-order valence-electron chi connectivity index (χ0n) is 13.3. The Balaban J connectivity index is 0.00000242. The summed E-state index contributed by atoms with van der Waals surface area (Å²) in [4.78, 5) is 2.34. The Morgan fingerprint density at radius 3 is 2.59 bits per heavy atom. The van der Waals surface area contributed by atoms with Crippen molar-refractivity contribution in [2.45, 2.75) is 19.4 Å². The van der Waals surface area contributed by atoms with Gasteiger partial charge in [0.25, 0.3) is 0 Å². The summed E-state index contributed by atoms with van der Waals surface area (Å²) in [5, 5.41) is 3.33. The van der Waals surface area contributed by atoms with E-state index in [1.807, 2.05) is 25.1 Å². The molecule has 0 aromatic heterocycles. The Bertz CT molecular complexity index is 442. The topological polar surface area (TPSA) is 33.7 Å². The lowest BCUT2D eigenvalue weighted by atomic mass is 10.0. The molecule has 1 saturated heterocycles. The Morgan fingerprint density at radius 1 is 1.27 bits per heavy atom. The van der Waals surface area contributed by atoms with Gasteiger partial charge in [0.05, 0.1) is 20.4 Å². The van der Waals surface area contributed by atoms with Gasteiger partial charge in [0.1, 0.15) is 0 Å². The van der Waals surface area contributed by atoms with Gasteiger partial charge in [0, 0.05) is 32.2 Å². The van der Waals surface area contributed by atoms with E-state index in [1.165, 1.54) is 0 Å². The van der Waals surface area contributed by atoms with Crippen molar-refractivity contribution >= 4 is 12.4 Å². The molecule has 0 radical (unpaired) electrons. The molecule has 1 fully saturated rings. The molecule has 0 aliphatic carbocycles. The predicted molar refractivity (Wildman–Crippen MR) is 89.2 cm³/mol. The Kier molecular flexibility index (Phi) is 8.53. The summed E-state index contributed by atoms with van der Waals surface area (Å²) in [5.74, 6) is 1.46. The Hall–Kier alpha value is -1.04. The van der Waals surface area contributed by atoms with Crippen LogP contribution >= 0.6 is 12.4 Å². The van der Waals surface area contributed by atoms with Crippen LogP contribution in [0.15, 0.2) is 18.2 Å². The van der Waals surface area contributed by atoms with Gasteiger partial charge in [0.15, 0.2) is 11.5 Å².